The molecule has 218 valence electrons. The van der Waals surface area contributed by atoms with Crippen LogP contribution in [0.2, 0.25) is 0 Å². The van der Waals surface area contributed by atoms with Crippen LogP contribution < -0.4 is 10.6 Å². The minimum atomic E-state index is -1.14. The molecule has 8 nitrogen and oxygen atoms in total. The fraction of sp³-hybridized carbons (Fsp3) is 0.382. The van der Waals surface area contributed by atoms with Crippen molar-refractivity contribution in [1.82, 2.24) is 10.6 Å². The number of carbonyl (C=O) groups excluding carboxylic acids is 2. The molecule has 2 saturated carbocycles. The summed E-state index contributed by atoms with van der Waals surface area (Å²) in [5.41, 5.74) is 5.63. The van der Waals surface area contributed by atoms with Crippen molar-refractivity contribution in [2.45, 2.75) is 56.9 Å². The van der Waals surface area contributed by atoms with Gasteiger partial charge < -0.3 is 25.2 Å². The molecule has 3 aromatic carbocycles. The molecule has 1 unspecified atom stereocenters. The van der Waals surface area contributed by atoms with Gasteiger partial charge in [-0.25, -0.2) is 9.59 Å². The summed E-state index contributed by atoms with van der Waals surface area (Å²) in [5, 5.41) is 15.5. The van der Waals surface area contributed by atoms with Crippen LogP contribution in [0.1, 0.15) is 48.8 Å². The third-order valence-electron chi connectivity index (χ3n) is 9.23. The van der Waals surface area contributed by atoms with Crippen molar-refractivity contribution in [3.05, 3.63) is 95.6 Å². The Morgan fingerprint density at radius 1 is 0.881 bits per heavy atom. The van der Waals surface area contributed by atoms with Crippen molar-refractivity contribution in [2.75, 3.05) is 6.61 Å². The molecule has 0 spiro atoms. The van der Waals surface area contributed by atoms with E-state index >= 15 is 0 Å². The number of carboxylic acids is 1. The largest absolute Gasteiger partial charge is 0.480 e. The Morgan fingerprint density at radius 2 is 1.52 bits per heavy atom. The second-order valence-electron chi connectivity index (χ2n) is 11.7. The monoisotopic (exact) mass is 568 g/mol. The minimum Gasteiger partial charge on any atom is -0.480 e. The summed E-state index contributed by atoms with van der Waals surface area (Å²) in [4.78, 5) is 37.8. The van der Waals surface area contributed by atoms with E-state index in [-0.39, 0.29) is 42.9 Å². The predicted octanol–water partition coefficient (Wildman–Crippen LogP) is 5.11. The smallest absolute Gasteiger partial charge is 0.407 e. The maximum absolute atomic E-state index is 13.1. The van der Waals surface area contributed by atoms with Crippen molar-refractivity contribution in [1.29, 1.82) is 0 Å². The molecule has 0 radical (unpaired) electrons. The molecular formula is C34H36N2O6. The van der Waals surface area contributed by atoms with Gasteiger partial charge in [0.25, 0.3) is 0 Å². The second kappa shape index (κ2) is 12.0. The minimum absolute atomic E-state index is 0.00177. The van der Waals surface area contributed by atoms with Gasteiger partial charge in [-0.05, 0) is 65.8 Å². The molecule has 2 fully saturated rings. The number of amides is 2. The first-order chi connectivity index (χ1) is 20.4. The lowest BCUT2D eigenvalue weighted by molar-refractivity contribution is -0.147. The van der Waals surface area contributed by atoms with Crippen LogP contribution in [0.15, 0.2) is 78.9 Å². The van der Waals surface area contributed by atoms with E-state index in [9.17, 15) is 19.5 Å². The second-order valence-corrected chi connectivity index (χ2v) is 11.7. The highest BCUT2D eigenvalue weighted by Gasteiger charge is 2.50. The van der Waals surface area contributed by atoms with E-state index in [2.05, 4.69) is 34.9 Å². The Bertz CT molecular complexity index is 1410. The van der Waals surface area contributed by atoms with Crippen LogP contribution >= 0.6 is 0 Å². The summed E-state index contributed by atoms with van der Waals surface area (Å²) in [6, 6.07) is 24.8. The molecule has 0 bridgehead atoms. The van der Waals surface area contributed by atoms with Crippen LogP contribution in [0.25, 0.3) is 11.1 Å². The maximum Gasteiger partial charge on any atom is 0.407 e. The Morgan fingerprint density at radius 3 is 2.19 bits per heavy atom. The number of hydrogen-bond acceptors (Lipinski definition) is 5. The normalized spacial score (nSPS) is 23.5. The first-order valence-electron chi connectivity index (χ1n) is 14.7. The van der Waals surface area contributed by atoms with Crippen LogP contribution in [0, 0.1) is 17.8 Å². The number of ether oxygens (including phenoxy) is 2. The Kier molecular flexibility index (Phi) is 7.98. The number of rotatable bonds is 10. The van der Waals surface area contributed by atoms with E-state index in [0.29, 0.717) is 18.8 Å². The average Bonchev–Trinajstić information content (AvgIpc) is 3.51. The standard InChI is InChI=1S/C34H36N2O6/c1-20(41-18-21-9-3-2-4-10-21)31(33(38)39)36-32(37)23-15-22-17-30(28(22)16-23)35-34(40)42-19-29-26-13-7-5-11-24(26)25-12-6-8-14-27(25)29/h2-14,20,22-23,28-31H,15-19H2,1H3,(H,35,40)(H,36,37)(H,38,39)/t20-,22-,23?,28-,30+,31+/m1/s1. The molecule has 3 aliphatic carbocycles. The highest BCUT2D eigenvalue weighted by atomic mass is 16.5. The lowest BCUT2D eigenvalue weighted by Crippen LogP contribution is -2.50. The summed E-state index contributed by atoms with van der Waals surface area (Å²) in [6.45, 7) is 2.18. The van der Waals surface area contributed by atoms with Gasteiger partial charge in [0.05, 0.1) is 12.7 Å². The average molecular weight is 569 g/mol. The van der Waals surface area contributed by atoms with Gasteiger partial charge in [0, 0.05) is 17.9 Å². The summed E-state index contributed by atoms with van der Waals surface area (Å²) < 4.78 is 11.5. The highest BCUT2D eigenvalue weighted by Crippen LogP contribution is 2.50. The molecule has 0 heterocycles. The van der Waals surface area contributed by atoms with E-state index in [1.807, 2.05) is 54.6 Å². The fourth-order valence-corrected chi connectivity index (χ4v) is 6.95. The number of fused-ring (bicyclic) bond motifs is 4. The van der Waals surface area contributed by atoms with Crippen molar-refractivity contribution < 1.29 is 29.0 Å². The van der Waals surface area contributed by atoms with Gasteiger partial charge in [0.1, 0.15) is 6.61 Å². The van der Waals surface area contributed by atoms with Gasteiger partial charge in [-0.1, -0.05) is 78.9 Å². The van der Waals surface area contributed by atoms with Crippen LogP contribution in [0.4, 0.5) is 4.79 Å². The zero-order valence-corrected chi connectivity index (χ0v) is 23.6. The number of nitrogens with one attached hydrogen (secondary N) is 2. The van der Waals surface area contributed by atoms with Gasteiger partial charge in [-0.15, -0.1) is 0 Å². The lowest BCUT2D eigenvalue weighted by Gasteiger charge is -2.40. The summed E-state index contributed by atoms with van der Waals surface area (Å²) in [5.74, 6) is -1.19. The van der Waals surface area contributed by atoms with Crippen molar-refractivity contribution in [3.63, 3.8) is 0 Å². The van der Waals surface area contributed by atoms with Crippen molar-refractivity contribution >= 4 is 18.0 Å². The van der Waals surface area contributed by atoms with E-state index < -0.39 is 24.2 Å². The molecule has 0 aromatic heterocycles. The highest BCUT2D eigenvalue weighted by molar-refractivity contribution is 5.85. The van der Waals surface area contributed by atoms with Gasteiger partial charge in [0.15, 0.2) is 6.04 Å². The van der Waals surface area contributed by atoms with Crippen LogP contribution in [-0.2, 0) is 25.7 Å². The van der Waals surface area contributed by atoms with Gasteiger partial charge >= 0.3 is 12.1 Å². The van der Waals surface area contributed by atoms with Crippen LogP contribution in [-0.4, -0.2) is 47.9 Å². The SMILES string of the molecule is C[C@@H](OCc1ccccc1)[C@H](NC(=O)C1C[C@@H]2C[C@H](NC(=O)OCC3c4ccccc4-c4ccccc43)[C@@H]2C1)C(=O)O. The predicted molar refractivity (Wildman–Crippen MR) is 157 cm³/mol. The molecule has 3 aromatic rings. The zero-order valence-electron chi connectivity index (χ0n) is 23.6. The molecular weight excluding hydrogens is 532 g/mol. The number of benzene rings is 3. The molecule has 6 atom stereocenters. The van der Waals surface area contributed by atoms with Gasteiger partial charge in [-0.2, -0.15) is 0 Å². The van der Waals surface area contributed by atoms with E-state index in [4.69, 9.17) is 9.47 Å². The first kappa shape index (κ1) is 28.0. The van der Waals surface area contributed by atoms with E-state index in [0.717, 1.165) is 12.0 Å². The summed E-state index contributed by atoms with van der Waals surface area (Å²) in [6.07, 6.45) is 0.940. The molecule has 0 saturated heterocycles. The molecule has 3 aliphatic rings. The third kappa shape index (κ3) is 5.63. The number of carboxylic acid groups (broad SMARTS) is 1. The zero-order chi connectivity index (χ0) is 29.2. The third-order valence-corrected chi connectivity index (χ3v) is 9.23. The molecule has 42 heavy (non-hydrogen) atoms. The van der Waals surface area contributed by atoms with Gasteiger partial charge in [0.2, 0.25) is 5.91 Å². The van der Waals surface area contributed by atoms with Crippen molar-refractivity contribution in [3.8, 4) is 11.1 Å². The number of hydrogen-bond donors (Lipinski definition) is 3. The van der Waals surface area contributed by atoms with Crippen LogP contribution in [0.3, 0.4) is 0 Å². The molecule has 0 aliphatic heterocycles. The molecule has 8 heteroatoms. The van der Waals surface area contributed by atoms with Gasteiger partial charge in [-0.3, -0.25) is 4.79 Å². The summed E-state index contributed by atoms with van der Waals surface area (Å²) in [7, 11) is 0. The Balaban J connectivity index is 0.985. The number of aliphatic carboxylic acids is 1. The number of alkyl carbamates (subject to hydrolysis) is 1. The topological polar surface area (TPSA) is 114 Å². The number of carbonyl (C=O) groups is 3. The Hall–Kier alpha value is -4.17. The quantitative estimate of drug-likeness (QED) is 0.313. The summed E-state index contributed by atoms with van der Waals surface area (Å²) >= 11 is 0. The lowest BCUT2D eigenvalue weighted by atomic mass is 9.71. The Labute approximate surface area is 245 Å². The van der Waals surface area contributed by atoms with E-state index in [1.54, 1.807) is 6.92 Å². The van der Waals surface area contributed by atoms with E-state index in [1.165, 1.54) is 22.3 Å². The van der Waals surface area contributed by atoms with Crippen LogP contribution in [0.5, 0.6) is 0 Å². The molecule has 6 rings (SSSR count). The van der Waals surface area contributed by atoms with Crippen molar-refractivity contribution in [2.24, 2.45) is 17.8 Å². The molecule has 2 amide bonds. The maximum atomic E-state index is 13.1. The first-order valence-corrected chi connectivity index (χ1v) is 14.7. The molecule has 3 N–H and O–H groups in total. The fourth-order valence-electron chi connectivity index (χ4n) is 6.95.